The molecule has 2 aromatic rings. The predicted molar refractivity (Wildman–Crippen MR) is 151 cm³/mol. The quantitative estimate of drug-likeness (QED) is 0.263. The number of amides is 2. The van der Waals surface area contributed by atoms with Crippen LogP contribution in [0.15, 0.2) is 60.7 Å². The summed E-state index contributed by atoms with van der Waals surface area (Å²) in [5.41, 5.74) is 1.62. The number of aliphatic hydroxyl groups excluding tert-OH is 1. The number of halogens is 1. The van der Waals surface area contributed by atoms with E-state index in [1.807, 2.05) is 37.3 Å². The molecule has 1 aliphatic rings. The van der Waals surface area contributed by atoms with Crippen LogP contribution in [0.25, 0.3) is 0 Å². The first-order valence-electron chi connectivity index (χ1n) is 13.2. The van der Waals surface area contributed by atoms with E-state index < -0.39 is 42.0 Å². The molecule has 1 heterocycles. The van der Waals surface area contributed by atoms with Crippen LogP contribution in [0.3, 0.4) is 0 Å². The highest BCUT2D eigenvalue weighted by Crippen LogP contribution is 2.38. The van der Waals surface area contributed by atoms with Crippen molar-refractivity contribution in [2.24, 2.45) is 11.8 Å². The SMILES string of the molecule is COC(=O)[C@H](C)CNC(=O)[C@@H](Cc1ccc(OC)c(Cl)c1)NC(=O)C=CCC1O[C@@H](c2ccccc2)C(O)[C@H]1C. The van der Waals surface area contributed by atoms with Crippen molar-refractivity contribution >= 4 is 29.4 Å². The maximum Gasteiger partial charge on any atom is 0.310 e. The topological polar surface area (TPSA) is 123 Å². The van der Waals surface area contributed by atoms with Crippen molar-refractivity contribution in [1.82, 2.24) is 10.6 Å². The predicted octanol–water partition coefficient (Wildman–Crippen LogP) is 3.38. The maximum absolute atomic E-state index is 13.0. The summed E-state index contributed by atoms with van der Waals surface area (Å²) >= 11 is 6.25. The third kappa shape index (κ3) is 8.30. The van der Waals surface area contributed by atoms with E-state index in [2.05, 4.69) is 10.6 Å². The average Bonchev–Trinajstić information content (AvgIpc) is 3.24. The van der Waals surface area contributed by atoms with E-state index in [1.54, 1.807) is 31.2 Å². The molecule has 1 fully saturated rings. The molecule has 0 spiro atoms. The van der Waals surface area contributed by atoms with E-state index in [-0.39, 0.29) is 25.0 Å². The molecule has 1 saturated heterocycles. The van der Waals surface area contributed by atoms with Gasteiger partial charge in [0, 0.05) is 18.9 Å². The number of benzene rings is 2. The number of esters is 1. The zero-order chi connectivity index (χ0) is 29.2. The summed E-state index contributed by atoms with van der Waals surface area (Å²) in [7, 11) is 2.79. The van der Waals surface area contributed by atoms with Crippen molar-refractivity contribution < 1.29 is 33.7 Å². The Bertz CT molecular complexity index is 1190. The molecule has 216 valence electrons. The minimum absolute atomic E-state index is 0.0545. The molecule has 6 atom stereocenters. The van der Waals surface area contributed by atoms with Gasteiger partial charge in [-0.1, -0.05) is 67.9 Å². The Morgan fingerprint density at radius 1 is 1.15 bits per heavy atom. The van der Waals surface area contributed by atoms with Crippen LogP contribution in [0.4, 0.5) is 0 Å². The molecule has 2 amide bonds. The standard InChI is InChI=1S/C30H37ClN2O7/c1-18(30(37)39-4)17-32-29(36)23(16-20-13-14-25(38-3)22(31)15-20)33-26(34)12-8-11-24-19(2)27(35)28(40-24)21-9-6-5-7-10-21/h5-10,12-15,18-19,23-24,27-28,35H,11,16-17H2,1-4H3,(H,32,36)(H,33,34)/t18-,19+,23-,24?,27?,28+/m1/s1. The lowest BCUT2D eigenvalue weighted by atomic mass is 9.94. The number of rotatable bonds is 12. The summed E-state index contributed by atoms with van der Waals surface area (Å²) in [6.45, 7) is 3.61. The third-order valence-electron chi connectivity index (χ3n) is 7.00. The number of nitrogens with one attached hydrogen (secondary N) is 2. The van der Waals surface area contributed by atoms with Gasteiger partial charge in [0.25, 0.3) is 0 Å². The summed E-state index contributed by atoms with van der Waals surface area (Å²) in [5, 5.41) is 16.5. The zero-order valence-corrected chi connectivity index (χ0v) is 23.9. The second-order valence-electron chi connectivity index (χ2n) is 9.90. The summed E-state index contributed by atoms with van der Waals surface area (Å²) in [6.07, 6.45) is 2.24. The molecule has 0 bridgehead atoms. The summed E-state index contributed by atoms with van der Waals surface area (Å²) in [4.78, 5) is 37.6. The fourth-order valence-electron chi connectivity index (χ4n) is 4.55. The lowest BCUT2D eigenvalue weighted by Crippen LogP contribution is -2.49. The van der Waals surface area contributed by atoms with Crippen molar-refractivity contribution in [2.75, 3.05) is 20.8 Å². The molecule has 3 N–H and O–H groups in total. The number of methoxy groups -OCH3 is 2. The summed E-state index contributed by atoms with van der Waals surface area (Å²) in [6, 6.07) is 13.7. The monoisotopic (exact) mass is 572 g/mol. The van der Waals surface area contributed by atoms with Crippen molar-refractivity contribution in [2.45, 2.75) is 51.0 Å². The number of carbonyl (C=O) groups is 3. The molecule has 0 aromatic heterocycles. The highest BCUT2D eigenvalue weighted by Gasteiger charge is 2.40. The molecule has 1 aliphatic heterocycles. The van der Waals surface area contributed by atoms with Crippen LogP contribution in [0, 0.1) is 11.8 Å². The number of aliphatic hydroxyl groups is 1. The minimum atomic E-state index is -0.933. The molecule has 10 heteroatoms. The van der Waals surface area contributed by atoms with Crippen molar-refractivity contribution in [3.8, 4) is 5.75 Å². The van der Waals surface area contributed by atoms with Gasteiger partial charge in [-0.2, -0.15) is 0 Å². The molecule has 40 heavy (non-hydrogen) atoms. The Hall–Kier alpha value is -3.40. The average molecular weight is 573 g/mol. The summed E-state index contributed by atoms with van der Waals surface area (Å²) in [5.74, 6) is -1.56. The second-order valence-corrected chi connectivity index (χ2v) is 10.3. The lowest BCUT2D eigenvalue weighted by Gasteiger charge is -2.19. The van der Waals surface area contributed by atoms with Crippen LogP contribution in [0.2, 0.25) is 5.02 Å². The zero-order valence-electron chi connectivity index (χ0n) is 23.1. The van der Waals surface area contributed by atoms with Crippen LogP contribution < -0.4 is 15.4 Å². The molecule has 2 aromatic carbocycles. The Kier molecular flexibility index (Phi) is 11.5. The first-order chi connectivity index (χ1) is 19.1. The first-order valence-corrected chi connectivity index (χ1v) is 13.6. The number of hydrogen-bond donors (Lipinski definition) is 3. The number of ether oxygens (including phenoxy) is 3. The molecule has 2 unspecified atom stereocenters. The number of hydrogen-bond acceptors (Lipinski definition) is 7. The fourth-order valence-corrected chi connectivity index (χ4v) is 4.83. The van der Waals surface area contributed by atoms with Crippen LogP contribution in [-0.4, -0.2) is 61.9 Å². The summed E-state index contributed by atoms with van der Waals surface area (Å²) < 4.78 is 16.0. The number of carbonyl (C=O) groups excluding carboxylic acids is 3. The van der Waals surface area contributed by atoms with E-state index in [0.717, 1.165) is 5.56 Å². The van der Waals surface area contributed by atoms with E-state index in [0.29, 0.717) is 22.8 Å². The van der Waals surface area contributed by atoms with Crippen LogP contribution in [0.1, 0.15) is 37.5 Å². The van der Waals surface area contributed by atoms with E-state index >= 15 is 0 Å². The lowest BCUT2D eigenvalue weighted by molar-refractivity contribution is -0.144. The molecule has 0 radical (unpaired) electrons. The van der Waals surface area contributed by atoms with Gasteiger partial charge in [0.05, 0.1) is 37.4 Å². The van der Waals surface area contributed by atoms with E-state index in [1.165, 1.54) is 20.3 Å². The van der Waals surface area contributed by atoms with Crippen molar-refractivity contribution in [1.29, 1.82) is 0 Å². The smallest absolute Gasteiger partial charge is 0.310 e. The van der Waals surface area contributed by atoms with Gasteiger partial charge in [0.1, 0.15) is 17.9 Å². The van der Waals surface area contributed by atoms with Gasteiger partial charge < -0.3 is 30.0 Å². The van der Waals surface area contributed by atoms with E-state index in [9.17, 15) is 19.5 Å². The molecular formula is C30H37ClN2O7. The Morgan fingerprint density at radius 2 is 1.88 bits per heavy atom. The first kappa shape index (κ1) is 31.1. The Balaban J connectivity index is 1.64. The van der Waals surface area contributed by atoms with Gasteiger partial charge in [0.15, 0.2) is 0 Å². The highest BCUT2D eigenvalue weighted by atomic mass is 35.5. The minimum Gasteiger partial charge on any atom is -0.495 e. The second kappa shape index (κ2) is 14.8. The van der Waals surface area contributed by atoms with Crippen molar-refractivity contribution in [3.63, 3.8) is 0 Å². The third-order valence-corrected chi connectivity index (χ3v) is 7.29. The van der Waals surface area contributed by atoms with Crippen LogP contribution in [-0.2, 0) is 30.3 Å². The molecule has 0 aliphatic carbocycles. The largest absolute Gasteiger partial charge is 0.495 e. The van der Waals surface area contributed by atoms with Gasteiger partial charge in [-0.05, 0) is 35.8 Å². The van der Waals surface area contributed by atoms with Gasteiger partial charge in [0.2, 0.25) is 11.8 Å². The van der Waals surface area contributed by atoms with Gasteiger partial charge >= 0.3 is 5.97 Å². The Labute approximate surface area is 239 Å². The molecule has 3 rings (SSSR count). The highest BCUT2D eigenvalue weighted by molar-refractivity contribution is 6.32. The van der Waals surface area contributed by atoms with Gasteiger partial charge in [-0.25, -0.2) is 0 Å². The van der Waals surface area contributed by atoms with Crippen LogP contribution >= 0.6 is 11.6 Å². The normalized spacial score (nSPS) is 21.9. The fraction of sp³-hybridized carbons (Fsp3) is 0.433. The van der Waals surface area contributed by atoms with Crippen LogP contribution in [0.5, 0.6) is 5.75 Å². The Morgan fingerprint density at radius 3 is 2.52 bits per heavy atom. The molecular weight excluding hydrogens is 536 g/mol. The van der Waals surface area contributed by atoms with E-state index in [4.69, 9.17) is 25.8 Å². The molecule has 0 saturated carbocycles. The van der Waals surface area contributed by atoms with Gasteiger partial charge in [-0.3, -0.25) is 14.4 Å². The van der Waals surface area contributed by atoms with Gasteiger partial charge in [-0.15, -0.1) is 0 Å². The maximum atomic E-state index is 13.0. The van der Waals surface area contributed by atoms with Crippen molar-refractivity contribution in [3.05, 3.63) is 76.8 Å². The molecule has 9 nitrogen and oxygen atoms in total.